The van der Waals surface area contributed by atoms with Crippen molar-refractivity contribution in [1.29, 1.82) is 0 Å². The van der Waals surface area contributed by atoms with E-state index in [4.69, 9.17) is 5.73 Å². The van der Waals surface area contributed by atoms with Crippen LogP contribution in [0.15, 0.2) is 9.59 Å². The first-order valence-electron chi connectivity index (χ1n) is 7.02. The maximum absolute atomic E-state index is 12.3. The van der Waals surface area contributed by atoms with Crippen molar-refractivity contribution >= 4 is 17.1 Å². The lowest BCUT2D eigenvalue weighted by Gasteiger charge is -2.11. The molecule has 0 atom stereocenters. The van der Waals surface area contributed by atoms with Gasteiger partial charge in [-0.2, -0.15) is 4.98 Å². The predicted octanol–water partition coefficient (Wildman–Crippen LogP) is -0.225. The van der Waals surface area contributed by atoms with Crippen molar-refractivity contribution in [3.05, 3.63) is 20.8 Å². The van der Waals surface area contributed by atoms with Gasteiger partial charge in [-0.05, 0) is 26.8 Å². The molecule has 0 spiro atoms. The number of nitrogens with two attached hydrogens (primary N) is 1. The summed E-state index contributed by atoms with van der Waals surface area (Å²) in [7, 11) is 3.24. The Morgan fingerprint density at radius 2 is 1.90 bits per heavy atom. The van der Waals surface area contributed by atoms with Crippen molar-refractivity contribution in [2.75, 3.05) is 18.4 Å². The molecule has 0 radical (unpaired) electrons. The van der Waals surface area contributed by atoms with E-state index >= 15 is 0 Å². The lowest BCUT2D eigenvalue weighted by atomic mass is 10.3. The Balaban J connectivity index is 2.72. The molecule has 8 nitrogen and oxygen atoms in total. The Labute approximate surface area is 122 Å². The second-order valence-electron chi connectivity index (χ2n) is 5.35. The van der Waals surface area contributed by atoms with E-state index in [0.29, 0.717) is 30.2 Å². The standard InChI is InChI=1S/C13H22N6O2/c1-8(2)19-10-9(11(20)18(4)13(19)21)17(3)12(16-10)15-7-5-6-14/h8H,5-7,14H2,1-4H3,(H,15,16). The zero-order valence-electron chi connectivity index (χ0n) is 12.9. The molecule has 0 aliphatic heterocycles. The number of imidazole rings is 1. The van der Waals surface area contributed by atoms with Crippen molar-refractivity contribution in [2.45, 2.75) is 26.3 Å². The Kier molecular flexibility index (Phi) is 4.17. The van der Waals surface area contributed by atoms with E-state index in [0.717, 1.165) is 11.0 Å². The van der Waals surface area contributed by atoms with Crippen LogP contribution < -0.4 is 22.3 Å². The number of aromatic nitrogens is 4. The molecule has 0 aliphatic carbocycles. The fraction of sp³-hybridized carbons (Fsp3) is 0.615. The van der Waals surface area contributed by atoms with Crippen LogP contribution in [0.3, 0.4) is 0 Å². The number of rotatable bonds is 5. The molecular formula is C13H22N6O2. The van der Waals surface area contributed by atoms with E-state index < -0.39 is 0 Å². The summed E-state index contributed by atoms with van der Waals surface area (Å²) in [6.45, 7) is 5.03. The molecule has 2 rings (SSSR count). The van der Waals surface area contributed by atoms with Crippen LogP contribution >= 0.6 is 0 Å². The van der Waals surface area contributed by atoms with Crippen molar-refractivity contribution in [3.8, 4) is 0 Å². The Morgan fingerprint density at radius 1 is 1.24 bits per heavy atom. The highest BCUT2D eigenvalue weighted by Crippen LogP contribution is 2.16. The Morgan fingerprint density at radius 3 is 2.48 bits per heavy atom. The van der Waals surface area contributed by atoms with Gasteiger partial charge in [0.05, 0.1) is 0 Å². The molecule has 0 amide bonds. The average molecular weight is 294 g/mol. The smallest absolute Gasteiger partial charge is 0.332 e. The summed E-state index contributed by atoms with van der Waals surface area (Å²) in [5, 5.41) is 3.14. The van der Waals surface area contributed by atoms with Gasteiger partial charge in [-0.1, -0.05) is 0 Å². The fourth-order valence-corrected chi connectivity index (χ4v) is 2.31. The molecule has 2 heterocycles. The first kappa shape index (κ1) is 15.3. The molecule has 0 saturated carbocycles. The van der Waals surface area contributed by atoms with E-state index in [1.807, 2.05) is 13.8 Å². The first-order chi connectivity index (χ1) is 9.90. The topological polar surface area (TPSA) is 99.9 Å². The molecule has 0 aromatic carbocycles. The number of anilines is 1. The summed E-state index contributed by atoms with van der Waals surface area (Å²) >= 11 is 0. The molecule has 8 heteroatoms. The van der Waals surface area contributed by atoms with Gasteiger partial charge in [0.1, 0.15) is 0 Å². The van der Waals surface area contributed by atoms with Crippen LogP contribution in [0, 0.1) is 0 Å². The minimum absolute atomic E-state index is 0.0846. The number of fused-ring (bicyclic) bond motifs is 1. The Hall–Kier alpha value is -2.09. The van der Waals surface area contributed by atoms with E-state index in [1.54, 1.807) is 11.6 Å². The highest BCUT2D eigenvalue weighted by molar-refractivity contribution is 5.74. The maximum atomic E-state index is 12.3. The lowest BCUT2D eigenvalue weighted by molar-refractivity contribution is 0.552. The highest BCUT2D eigenvalue weighted by Gasteiger charge is 2.19. The number of aryl methyl sites for hydroxylation is 1. The maximum Gasteiger partial charge on any atom is 0.332 e. The minimum Gasteiger partial charge on any atom is -0.356 e. The van der Waals surface area contributed by atoms with Crippen LogP contribution in [0.25, 0.3) is 11.2 Å². The normalized spacial score (nSPS) is 11.5. The van der Waals surface area contributed by atoms with Crippen LogP contribution in [-0.2, 0) is 14.1 Å². The van der Waals surface area contributed by atoms with Crippen LogP contribution in [0.5, 0.6) is 0 Å². The number of hydrogen-bond acceptors (Lipinski definition) is 5. The van der Waals surface area contributed by atoms with Gasteiger partial charge in [-0.25, -0.2) is 4.79 Å². The predicted molar refractivity (Wildman–Crippen MR) is 82.8 cm³/mol. The molecule has 0 saturated heterocycles. The summed E-state index contributed by atoms with van der Waals surface area (Å²) in [5.41, 5.74) is 5.61. The summed E-state index contributed by atoms with van der Waals surface area (Å²) < 4.78 is 4.34. The van der Waals surface area contributed by atoms with Crippen LogP contribution in [-0.4, -0.2) is 31.8 Å². The third-order valence-corrected chi connectivity index (χ3v) is 3.49. The largest absolute Gasteiger partial charge is 0.356 e. The molecule has 0 unspecified atom stereocenters. The Bertz CT molecular complexity index is 768. The van der Waals surface area contributed by atoms with Gasteiger partial charge < -0.3 is 15.6 Å². The van der Waals surface area contributed by atoms with E-state index in [2.05, 4.69) is 10.3 Å². The van der Waals surface area contributed by atoms with Crippen molar-refractivity contribution in [3.63, 3.8) is 0 Å². The molecule has 116 valence electrons. The van der Waals surface area contributed by atoms with Gasteiger partial charge in [-0.15, -0.1) is 0 Å². The van der Waals surface area contributed by atoms with Gasteiger partial charge in [0.25, 0.3) is 5.56 Å². The molecule has 21 heavy (non-hydrogen) atoms. The quantitative estimate of drug-likeness (QED) is 0.742. The van der Waals surface area contributed by atoms with E-state index in [9.17, 15) is 9.59 Å². The van der Waals surface area contributed by atoms with Crippen LogP contribution in [0.2, 0.25) is 0 Å². The van der Waals surface area contributed by atoms with Gasteiger partial charge in [0, 0.05) is 26.7 Å². The van der Waals surface area contributed by atoms with Gasteiger partial charge >= 0.3 is 5.69 Å². The number of nitrogens with one attached hydrogen (secondary N) is 1. The molecular weight excluding hydrogens is 272 g/mol. The van der Waals surface area contributed by atoms with E-state index in [1.165, 1.54) is 11.6 Å². The molecule has 0 bridgehead atoms. The van der Waals surface area contributed by atoms with E-state index in [-0.39, 0.29) is 17.3 Å². The van der Waals surface area contributed by atoms with Crippen molar-refractivity contribution in [1.82, 2.24) is 18.7 Å². The summed E-state index contributed by atoms with van der Waals surface area (Å²) in [5.74, 6) is 0.565. The lowest BCUT2D eigenvalue weighted by Crippen LogP contribution is -2.39. The van der Waals surface area contributed by atoms with Gasteiger partial charge in [0.15, 0.2) is 11.2 Å². The number of hydrogen-bond donors (Lipinski definition) is 2. The number of nitrogens with zero attached hydrogens (tertiary/aromatic N) is 4. The molecule has 0 fully saturated rings. The first-order valence-corrected chi connectivity index (χ1v) is 7.02. The SMILES string of the molecule is CC(C)n1c(=O)n(C)c(=O)c2c1nc(NCCCN)n2C. The molecule has 2 aromatic heterocycles. The second kappa shape index (κ2) is 5.72. The monoisotopic (exact) mass is 294 g/mol. The fourth-order valence-electron chi connectivity index (χ4n) is 2.31. The summed E-state index contributed by atoms with van der Waals surface area (Å²) in [6, 6.07) is -0.0846. The second-order valence-corrected chi connectivity index (χ2v) is 5.35. The molecule has 2 aromatic rings. The minimum atomic E-state index is -0.353. The van der Waals surface area contributed by atoms with Crippen LogP contribution in [0.1, 0.15) is 26.3 Å². The molecule has 0 aliphatic rings. The van der Waals surface area contributed by atoms with Crippen LogP contribution in [0.4, 0.5) is 5.95 Å². The third-order valence-electron chi connectivity index (χ3n) is 3.49. The van der Waals surface area contributed by atoms with Crippen molar-refractivity contribution in [2.24, 2.45) is 19.8 Å². The van der Waals surface area contributed by atoms with Crippen molar-refractivity contribution < 1.29 is 0 Å². The third kappa shape index (κ3) is 2.46. The zero-order valence-corrected chi connectivity index (χ0v) is 12.9. The average Bonchev–Trinajstić information content (AvgIpc) is 2.73. The van der Waals surface area contributed by atoms with Gasteiger partial charge in [0.2, 0.25) is 5.95 Å². The molecule has 3 N–H and O–H groups in total. The summed E-state index contributed by atoms with van der Waals surface area (Å²) in [4.78, 5) is 29.0. The zero-order chi connectivity index (χ0) is 15.7. The highest BCUT2D eigenvalue weighted by atomic mass is 16.2. The summed E-state index contributed by atoms with van der Waals surface area (Å²) in [6.07, 6.45) is 0.804. The van der Waals surface area contributed by atoms with Gasteiger partial charge in [-0.3, -0.25) is 13.9 Å².